The summed E-state index contributed by atoms with van der Waals surface area (Å²) in [6.45, 7) is 0.278. The van der Waals surface area contributed by atoms with Crippen molar-refractivity contribution in [3.63, 3.8) is 0 Å². The molecule has 0 saturated heterocycles. The molecule has 5 N–H and O–H groups in total. The normalized spacial score (nSPS) is 11.5. The highest BCUT2D eigenvalue weighted by molar-refractivity contribution is 5.94. The number of anilines is 2. The Balaban J connectivity index is 1.52. The van der Waals surface area contributed by atoms with Crippen molar-refractivity contribution in [3.8, 4) is 0 Å². The average molecular weight is 440 g/mol. The predicted molar refractivity (Wildman–Crippen MR) is 131 cm³/mol. The quantitative estimate of drug-likeness (QED) is 0.350. The van der Waals surface area contributed by atoms with Crippen LogP contribution in [-0.4, -0.2) is 23.0 Å². The lowest BCUT2D eigenvalue weighted by atomic mass is 9.98. The molecule has 1 unspecified atom stereocenters. The number of pyridine rings is 1. The van der Waals surface area contributed by atoms with E-state index < -0.39 is 12.1 Å². The molecule has 1 heterocycles. The van der Waals surface area contributed by atoms with Crippen LogP contribution in [0.25, 0.3) is 10.8 Å². The number of nitrogens with two attached hydrogens (primary N) is 1. The number of para-hydroxylation sites is 1. The minimum Gasteiger partial charge on any atom is -0.384 e. The molecule has 0 bridgehead atoms. The zero-order chi connectivity index (χ0) is 23.0. The van der Waals surface area contributed by atoms with E-state index in [4.69, 9.17) is 5.73 Å². The van der Waals surface area contributed by atoms with E-state index in [1.54, 1.807) is 30.5 Å². The molecule has 0 spiro atoms. The number of rotatable bonds is 7. The van der Waals surface area contributed by atoms with Crippen LogP contribution in [-0.2, 0) is 17.8 Å². The maximum Gasteiger partial charge on any atom is 0.319 e. The van der Waals surface area contributed by atoms with Crippen LogP contribution < -0.4 is 21.7 Å². The van der Waals surface area contributed by atoms with E-state index in [1.165, 1.54) is 0 Å². The van der Waals surface area contributed by atoms with Crippen molar-refractivity contribution in [1.29, 1.82) is 0 Å². The SMILES string of the molecule is Nc1ccc(CNC(=O)C(Cc2cccc3ccccc23)NC(=O)Nc2ccccc2)cn1. The molecule has 0 aliphatic heterocycles. The van der Waals surface area contributed by atoms with E-state index in [0.717, 1.165) is 21.9 Å². The molecule has 166 valence electrons. The molecule has 7 nitrogen and oxygen atoms in total. The number of fused-ring (bicyclic) bond motifs is 1. The number of aromatic nitrogens is 1. The van der Waals surface area contributed by atoms with Crippen molar-refractivity contribution >= 4 is 34.2 Å². The van der Waals surface area contributed by atoms with Gasteiger partial charge >= 0.3 is 6.03 Å². The highest BCUT2D eigenvalue weighted by atomic mass is 16.2. The molecule has 0 fully saturated rings. The third-order valence-corrected chi connectivity index (χ3v) is 5.27. The van der Waals surface area contributed by atoms with Crippen molar-refractivity contribution in [3.05, 3.63) is 102 Å². The van der Waals surface area contributed by atoms with Crippen LogP contribution in [0.2, 0.25) is 0 Å². The Hall–Kier alpha value is -4.39. The number of benzene rings is 3. The van der Waals surface area contributed by atoms with Gasteiger partial charge in [0.1, 0.15) is 11.9 Å². The number of nitrogens with zero attached hydrogens (tertiary/aromatic N) is 1. The molecule has 1 atom stereocenters. The van der Waals surface area contributed by atoms with Gasteiger partial charge in [-0.2, -0.15) is 0 Å². The van der Waals surface area contributed by atoms with Gasteiger partial charge in [-0.1, -0.05) is 66.7 Å². The topological polar surface area (TPSA) is 109 Å². The number of amides is 3. The Labute approximate surface area is 192 Å². The van der Waals surface area contributed by atoms with Gasteiger partial charge in [-0.25, -0.2) is 9.78 Å². The molecule has 0 saturated carbocycles. The molecule has 4 aromatic rings. The highest BCUT2D eigenvalue weighted by Crippen LogP contribution is 2.20. The summed E-state index contributed by atoms with van der Waals surface area (Å²) in [6.07, 6.45) is 1.96. The lowest BCUT2D eigenvalue weighted by Crippen LogP contribution is -2.49. The van der Waals surface area contributed by atoms with Crippen LogP contribution >= 0.6 is 0 Å². The van der Waals surface area contributed by atoms with Crippen molar-refractivity contribution in [2.75, 3.05) is 11.1 Å². The molecule has 4 rings (SSSR count). The van der Waals surface area contributed by atoms with Gasteiger partial charge in [-0.05, 0) is 40.1 Å². The number of urea groups is 1. The molecular formula is C26H25N5O2. The summed E-state index contributed by atoms with van der Waals surface area (Å²) in [4.78, 5) is 29.8. The molecule has 7 heteroatoms. The number of nitrogen functional groups attached to an aromatic ring is 1. The van der Waals surface area contributed by atoms with Crippen LogP contribution in [0.3, 0.4) is 0 Å². The Morgan fingerprint density at radius 2 is 1.64 bits per heavy atom. The second-order valence-electron chi connectivity index (χ2n) is 7.67. The lowest BCUT2D eigenvalue weighted by Gasteiger charge is -2.20. The molecule has 1 aromatic heterocycles. The molecule has 0 radical (unpaired) electrons. The second-order valence-corrected chi connectivity index (χ2v) is 7.67. The average Bonchev–Trinajstić information content (AvgIpc) is 2.84. The number of hydrogen-bond donors (Lipinski definition) is 4. The van der Waals surface area contributed by atoms with Crippen molar-refractivity contribution in [1.82, 2.24) is 15.6 Å². The van der Waals surface area contributed by atoms with E-state index in [2.05, 4.69) is 20.9 Å². The molecule has 3 aromatic carbocycles. The third-order valence-electron chi connectivity index (χ3n) is 5.27. The summed E-state index contributed by atoms with van der Waals surface area (Å²) in [6, 6.07) is 25.3. The van der Waals surface area contributed by atoms with Gasteiger partial charge in [-0.15, -0.1) is 0 Å². The number of carbonyl (C=O) groups excluding carboxylic acids is 2. The first-order valence-electron chi connectivity index (χ1n) is 10.7. The number of nitrogens with one attached hydrogen (secondary N) is 3. The van der Waals surface area contributed by atoms with E-state index in [-0.39, 0.29) is 12.5 Å². The van der Waals surface area contributed by atoms with E-state index >= 15 is 0 Å². The van der Waals surface area contributed by atoms with Crippen LogP contribution in [0.1, 0.15) is 11.1 Å². The first kappa shape index (κ1) is 21.8. The van der Waals surface area contributed by atoms with Crippen LogP contribution in [0.4, 0.5) is 16.3 Å². The van der Waals surface area contributed by atoms with E-state index in [1.807, 2.05) is 60.7 Å². The Morgan fingerprint density at radius 1 is 0.879 bits per heavy atom. The number of hydrogen-bond acceptors (Lipinski definition) is 4. The Kier molecular flexibility index (Phi) is 6.80. The standard InChI is InChI=1S/C26H25N5O2/c27-24-14-13-18(16-28-24)17-29-25(32)23(31-26(33)30-21-10-2-1-3-11-21)15-20-9-6-8-19-7-4-5-12-22(19)20/h1-14,16,23H,15,17H2,(H2,27,28)(H,29,32)(H2,30,31,33). The van der Waals surface area contributed by atoms with Gasteiger partial charge in [-0.3, -0.25) is 4.79 Å². The minimum atomic E-state index is -0.777. The molecule has 0 aliphatic carbocycles. The van der Waals surface area contributed by atoms with Gasteiger partial charge < -0.3 is 21.7 Å². The Bertz CT molecular complexity index is 1240. The van der Waals surface area contributed by atoms with E-state index in [9.17, 15) is 9.59 Å². The summed E-state index contributed by atoms with van der Waals surface area (Å²) in [5.74, 6) is 0.126. The minimum absolute atomic E-state index is 0.278. The largest absolute Gasteiger partial charge is 0.384 e. The number of carbonyl (C=O) groups is 2. The van der Waals surface area contributed by atoms with Gasteiger partial charge in [0.2, 0.25) is 5.91 Å². The van der Waals surface area contributed by atoms with Crippen LogP contribution in [0.15, 0.2) is 91.1 Å². The van der Waals surface area contributed by atoms with Crippen LogP contribution in [0.5, 0.6) is 0 Å². The van der Waals surface area contributed by atoms with Crippen molar-refractivity contribution in [2.24, 2.45) is 0 Å². The monoisotopic (exact) mass is 439 g/mol. The zero-order valence-corrected chi connectivity index (χ0v) is 18.0. The maximum absolute atomic E-state index is 13.1. The molecule has 0 aliphatic rings. The fraction of sp³-hybridized carbons (Fsp3) is 0.115. The predicted octanol–water partition coefficient (Wildman–Crippen LogP) is 3.87. The summed E-state index contributed by atoms with van der Waals surface area (Å²) >= 11 is 0. The van der Waals surface area contributed by atoms with E-state index in [0.29, 0.717) is 17.9 Å². The lowest BCUT2D eigenvalue weighted by molar-refractivity contribution is -0.123. The summed E-state index contributed by atoms with van der Waals surface area (Å²) < 4.78 is 0. The van der Waals surface area contributed by atoms with Gasteiger partial charge in [0.05, 0.1) is 0 Å². The Morgan fingerprint density at radius 3 is 2.42 bits per heavy atom. The maximum atomic E-state index is 13.1. The summed E-state index contributed by atoms with van der Waals surface area (Å²) in [5.41, 5.74) is 8.06. The molecular weight excluding hydrogens is 414 g/mol. The van der Waals surface area contributed by atoms with Crippen molar-refractivity contribution < 1.29 is 9.59 Å². The van der Waals surface area contributed by atoms with Gasteiger partial charge in [0.25, 0.3) is 0 Å². The second kappa shape index (κ2) is 10.3. The van der Waals surface area contributed by atoms with Gasteiger partial charge in [0.15, 0.2) is 0 Å². The third kappa shape index (κ3) is 5.86. The summed E-state index contributed by atoms with van der Waals surface area (Å²) in [5, 5.41) is 10.6. The smallest absolute Gasteiger partial charge is 0.319 e. The zero-order valence-electron chi connectivity index (χ0n) is 18.0. The highest BCUT2D eigenvalue weighted by Gasteiger charge is 2.22. The van der Waals surface area contributed by atoms with Gasteiger partial charge in [0, 0.05) is 24.8 Å². The summed E-state index contributed by atoms with van der Waals surface area (Å²) in [7, 11) is 0. The van der Waals surface area contributed by atoms with Crippen LogP contribution in [0, 0.1) is 0 Å². The van der Waals surface area contributed by atoms with Crippen molar-refractivity contribution in [2.45, 2.75) is 19.0 Å². The fourth-order valence-corrected chi connectivity index (χ4v) is 3.60. The fourth-order valence-electron chi connectivity index (χ4n) is 3.60. The molecule has 33 heavy (non-hydrogen) atoms. The first-order chi connectivity index (χ1) is 16.1. The molecule has 3 amide bonds. The first-order valence-corrected chi connectivity index (χ1v) is 10.7.